The average Bonchev–Trinajstić information content (AvgIpc) is 2.92. The van der Waals surface area contributed by atoms with Crippen LogP contribution in [0.15, 0.2) is 18.2 Å². The molecule has 2 aliphatic rings. The Kier molecular flexibility index (Phi) is 4.13. The van der Waals surface area contributed by atoms with Gasteiger partial charge in [-0.1, -0.05) is 17.7 Å². The van der Waals surface area contributed by atoms with Crippen LogP contribution in [0.3, 0.4) is 0 Å². The Labute approximate surface area is 147 Å². The molecule has 2 aromatic rings. The number of amides is 1. The van der Waals surface area contributed by atoms with Gasteiger partial charge in [0, 0.05) is 31.0 Å². The molecule has 0 atom stereocenters. The quantitative estimate of drug-likeness (QED) is 0.760. The highest BCUT2D eigenvalue weighted by Gasteiger charge is 2.37. The van der Waals surface area contributed by atoms with Crippen molar-refractivity contribution in [3.05, 3.63) is 34.2 Å². The molecule has 0 saturated carbocycles. The Morgan fingerprint density at radius 1 is 1.12 bits per heavy atom. The van der Waals surface area contributed by atoms with Crippen LogP contribution in [-0.4, -0.2) is 37.1 Å². The summed E-state index contributed by atoms with van der Waals surface area (Å²) < 4.78 is 6.74. The van der Waals surface area contributed by atoms with Crippen LogP contribution >= 0.6 is 11.3 Å². The molecule has 2 aliphatic heterocycles. The van der Waals surface area contributed by atoms with E-state index >= 15 is 0 Å². The number of fused-ring (bicyclic) bond motifs is 1. The number of ether oxygens (including phenoxy) is 1. The highest BCUT2D eigenvalue weighted by molar-refractivity contribution is 7.21. The van der Waals surface area contributed by atoms with Crippen LogP contribution in [0.5, 0.6) is 0 Å². The van der Waals surface area contributed by atoms with Crippen molar-refractivity contribution in [2.45, 2.75) is 39.5 Å². The molecular weight excluding hydrogens is 318 g/mol. The molecule has 3 heterocycles. The van der Waals surface area contributed by atoms with Crippen LogP contribution in [0.4, 0.5) is 0 Å². The fourth-order valence-electron chi connectivity index (χ4n) is 4.17. The van der Waals surface area contributed by atoms with Crippen LogP contribution < -0.4 is 0 Å². The Hall–Kier alpha value is -1.39. The molecule has 1 spiro atoms. The van der Waals surface area contributed by atoms with Gasteiger partial charge in [-0.3, -0.25) is 4.79 Å². The van der Waals surface area contributed by atoms with Gasteiger partial charge in [-0.15, -0.1) is 11.3 Å². The predicted molar refractivity (Wildman–Crippen MR) is 98.9 cm³/mol. The van der Waals surface area contributed by atoms with E-state index < -0.39 is 0 Å². The number of aryl methyl sites for hydroxylation is 2. The van der Waals surface area contributed by atoms with E-state index in [0.717, 1.165) is 62.4 Å². The van der Waals surface area contributed by atoms with Gasteiger partial charge in [0.2, 0.25) is 0 Å². The zero-order valence-corrected chi connectivity index (χ0v) is 15.4. The first-order valence-electron chi connectivity index (χ1n) is 8.95. The van der Waals surface area contributed by atoms with Gasteiger partial charge in [0.15, 0.2) is 0 Å². The molecular formula is C20H25NO2S. The van der Waals surface area contributed by atoms with E-state index in [1.165, 1.54) is 15.6 Å². The molecule has 0 aliphatic carbocycles. The number of hydrogen-bond donors (Lipinski definition) is 0. The maximum Gasteiger partial charge on any atom is 0.264 e. The summed E-state index contributed by atoms with van der Waals surface area (Å²) in [6, 6.07) is 6.47. The summed E-state index contributed by atoms with van der Waals surface area (Å²) in [5, 5.41) is 1.24. The predicted octanol–water partition coefficient (Wildman–Crippen LogP) is 4.55. The van der Waals surface area contributed by atoms with Crippen molar-refractivity contribution in [3.8, 4) is 0 Å². The summed E-state index contributed by atoms with van der Waals surface area (Å²) >= 11 is 1.65. The van der Waals surface area contributed by atoms with Crippen molar-refractivity contribution in [2.24, 2.45) is 5.41 Å². The third-order valence-electron chi connectivity index (χ3n) is 5.95. The van der Waals surface area contributed by atoms with Crippen molar-refractivity contribution in [1.82, 2.24) is 4.90 Å². The number of benzene rings is 1. The van der Waals surface area contributed by atoms with Gasteiger partial charge < -0.3 is 9.64 Å². The zero-order chi connectivity index (χ0) is 16.7. The van der Waals surface area contributed by atoms with Gasteiger partial charge in [0.25, 0.3) is 5.91 Å². The number of nitrogens with zero attached hydrogens (tertiary/aromatic N) is 1. The summed E-state index contributed by atoms with van der Waals surface area (Å²) in [7, 11) is 0. The van der Waals surface area contributed by atoms with Gasteiger partial charge in [0.1, 0.15) is 0 Å². The first-order valence-corrected chi connectivity index (χ1v) is 9.76. The lowest BCUT2D eigenvalue weighted by Gasteiger charge is -2.44. The van der Waals surface area contributed by atoms with Gasteiger partial charge >= 0.3 is 0 Å². The largest absolute Gasteiger partial charge is 0.381 e. The second-order valence-corrected chi connectivity index (χ2v) is 8.51. The van der Waals surface area contributed by atoms with E-state index in [0.29, 0.717) is 5.41 Å². The van der Waals surface area contributed by atoms with Crippen molar-refractivity contribution < 1.29 is 9.53 Å². The number of piperidine rings is 1. The summed E-state index contributed by atoms with van der Waals surface area (Å²) in [6.07, 6.45) is 4.59. The highest BCUT2D eigenvalue weighted by Crippen LogP contribution is 2.41. The molecule has 1 amide bonds. The van der Waals surface area contributed by atoms with E-state index in [1.807, 2.05) is 0 Å². The van der Waals surface area contributed by atoms with Crippen molar-refractivity contribution in [3.63, 3.8) is 0 Å². The summed E-state index contributed by atoms with van der Waals surface area (Å²) in [5.74, 6) is 0.230. The van der Waals surface area contributed by atoms with E-state index in [1.54, 1.807) is 11.3 Å². The highest BCUT2D eigenvalue weighted by atomic mass is 32.1. The second-order valence-electron chi connectivity index (χ2n) is 7.46. The summed E-state index contributed by atoms with van der Waals surface area (Å²) in [6.45, 7) is 7.77. The first kappa shape index (κ1) is 16.1. The zero-order valence-electron chi connectivity index (χ0n) is 14.6. The monoisotopic (exact) mass is 343 g/mol. The molecule has 24 heavy (non-hydrogen) atoms. The van der Waals surface area contributed by atoms with Gasteiger partial charge in [-0.25, -0.2) is 0 Å². The smallest absolute Gasteiger partial charge is 0.264 e. The minimum atomic E-state index is 0.230. The fraction of sp³-hybridized carbons (Fsp3) is 0.550. The Morgan fingerprint density at radius 3 is 2.54 bits per heavy atom. The molecule has 3 nitrogen and oxygen atoms in total. The maximum absolute atomic E-state index is 13.1. The second kappa shape index (κ2) is 6.16. The summed E-state index contributed by atoms with van der Waals surface area (Å²) in [4.78, 5) is 16.1. The Bertz CT molecular complexity index is 763. The first-order chi connectivity index (χ1) is 11.6. The molecule has 0 radical (unpaired) electrons. The minimum absolute atomic E-state index is 0.230. The standard InChI is InChI=1S/C20H25NO2S/c1-14-3-4-17-16(13-14)15(2)18(24-17)19(22)21-9-5-20(6-10-21)7-11-23-12-8-20/h3-4,13H,5-12H2,1-2H3. The molecule has 2 fully saturated rings. The SMILES string of the molecule is Cc1ccc2sc(C(=O)N3CCC4(CCOCC4)CC3)c(C)c2c1. The number of likely N-dealkylation sites (tertiary alicyclic amines) is 1. The van der Waals surface area contributed by atoms with Crippen LogP contribution in [0.25, 0.3) is 10.1 Å². The molecule has 0 N–H and O–H groups in total. The molecule has 2 saturated heterocycles. The van der Waals surface area contributed by atoms with E-state index in [9.17, 15) is 4.79 Å². The van der Waals surface area contributed by atoms with Crippen LogP contribution in [-0.2, 0) is 4.74 Å². The molecule has 1 aromatic heterocycles. The molecule has 128 valence electrons. The average molecular weight is 343 g/mol. The number of carbonyl (C=O) groups is 1. The molecule has 4 heteroatoms. The lowest BCUT2D eigenvalue weighted by Crippen LogP contribution is -2.45. The van der Waals surface area contributed by atoms with E-state index in [2.05, 4.69) is 36.9 Å². The van der Waals surface area contributed by atoms with Crippen molar-refractivity contribution in [2.75, 3.05) is 26.3 Å². The lowest BCUT2D eigenvalue weighted by atomic mass is 9.72. The summed E-state index contributed by atoms with van der Waals surface area (Å²) in [5.41, 5.74) is 2.83. The lowest BCUT2D eigenvalue weighted by molar-refractivity contribution is -0.0174. The Balaban J connectivity index is 1.53. The van der Waals surface area contributed by atoms with E-state index in [-0.39, 0.29) is 5.91 Å². The molecule has 0 bridgehead atoms. The number of rotatable bonds is 1. The molecule has 1 aromatic carbocycles. The third kappa shape index (κ3) is 2.76. The van der Waals surface area contributed by atoms with Crippen molar-refractivity contribution >= 4 is 27.3 Å². The number of thiophene rings is 1. The number of carbonyl (C=O) groups excluding carboxylic acids is 1. The van der Waals surface area contributed by atoms with Crippen LogP contribution in [0.2, 0.25) is 0 Å². The van der Waals surface area contributed by atoms with Gasteiger partial charge in [-0.05, 0) is 62.0 Å². The number of hydrogen-bond acceptors (Lipinski definition) is 3. The van der Waals surface area contributed by atoms with Crippen LogP contribution in [0, 0.1) is 19.3 Å². The van der Waals surface area contributed by atoms with Crippen molar-refractivity contribution in [1.29, 1.82) is 0 Å². The fourth-order valence-corrected chi connectivity index (χ4v) is 5.33. The third-order valence-corrected chi connectivity index (χ3v) is 7.21. The van der Waals surface area contributed by atoms with Crippen LogP contribution in [0.1, 0.15) is 46.5 Å². The normalized spacial score (nSPS) is 20.7. The van der Waals surface area contributed by atoms with E-state index in [4.69, 9.17) is 4.74 Å². The molecule has 4 rings (SSSR count). The van der Waals surface area contributed by atoms with Gasteiger partial charge in [0.05, 0.1) is 4.88 Å². The maximum atomic E-state index is 13.1. The topological polar surface area (TPSA) is 29.5 Å². The van der Waals surface area contributed by atoms with Gasteiger partial charge in [-0.2, -0.15) is 0 Å². The molecule has 0 unspecified atom stereocenters. The Morgan fingerprint density at radius 2 is 1.83 bits per heavy atom. The minimum Gasteiger partial charge on any atom is -0.381 e.